The van der Waals surface area contributed by atoms with Crippen LogP contribution < -0.4 is 4.72 Å². The first-order valence-corrected chi connectivity index (χ1v) is 13.2. The van der Waals surface area contributed by atoms with Gasteiger partial charge in [0.15, 0.2) is 0 Å². The number of sulfonamides is 1. The summed E-state index contributed by atoms with van der Waals surface area (Å²) in [6.07, 6.45) is 5.14. The van der Waals surface area contributed by atoms with Crippen molar-refractivity contribution in [2.45, 2.75) is 48.9 Å². The molecule has 168 valence electrons. The first kappa shape index (κ1) is 23.8. The van der Waals surface area contributed by atoms with Gasteiger partial charge in [-0.2, -0.15) is 0 Å². The Morgan fingerprint density at radius 1 is 1.16 bits per heavy atom. The van der Waals surface area contributed by atoms with Gasteiger partial charge >= 0.3 is 0 Å². The summed E-state index contributed by atoms with van der Waals surface area (Å²) in [5, 5.41) is 0.736. The highest BCUT2D eigenvalue weighted by Crippen LogP contribution is 2.25. The number of nitrogens with one attached hydrogen (secondary N) is 1. The van der Waals surface area contributed by atoms with Crippen LogP contribution in [0.5, 0.6) is 0 Å². The van der Waals surface area contributed by atoms with Crippen LogP contribution in [-0.4, -0.2) is 50.1 Å². The van der Waals surface area contributed by atoms with E-state index in [0.29, 0.717) is 25.2 Å². The molecule has 1 aliphatic rings. The minimum Gasteiger partial charge on any atom is -0.339 e. The molecule has 2 heterocycles. The third-order valence-corrected chi connectivity index (χ3v) is 7.84. The van der Waals surface area contributed by atoms with Crippen molar-refractivity contribution in [3.05, 3.63) is 53.7 Å². The normalized spacial score (nSPS) is 15.8. The molecule has 0 atom stereocenters. The lowest BCUT2D eigenvalue weighted by molar-refractivity contribution is 0.0687. The topological polar surface area (TPSA) is 79.4 Å². The summed E-state index contributed by atoms with van der Waals surface area (Å²) in [4.78, 5) is 19.2. The molecule has 1 amide bonds. The fraction of sp³-hybridized carbons (Fsp3) is 0.478. The third kappa shape index (κ3) is 5.87. The van der Waals surface area contributed by atoms with Gasteiger partial charge in [-0.3, -0.25) is 4.79 Å². The molecule has 0 radical (unpaired) electrons. The molecule has 1 saturated heterocycles. The van der Waals surface area contributed by atoms with Crippen LogP contribution in [0.4, 0.5) is 0 Å². The van der Waals surface area contributed by atoms with Crippen molar-refractivity contribution in [1.29, 1.82) is 0 Å². The summed E-state index contributed by atoms with van der Waals surface area (Å²) in [6.45, 7) is 7.92. The number of carbonyl (C=O) groups is 1. The van der Waals surface area contributed by atoms with E-state index in [0.717, 1.165) is 23.4 Å². The van der Waals surface area contributed by atoms with Crippen LogP contribution in [0.3, 0.4) is 0 Å². The maximum absolute atomic E-state index is 12.8. The second kappa shape index (κ2) is 9.71. The lowest BCUT2D eigenvalue weighted by atomic mass is 9.87. The average molecular weight is 462 g/mol. The molecule has 3 rings (SSSR count). The quantitative estimate of drug-likeness (QED) is 0.660. The summed E-state index contributed by atoms with van der Waals surface area (Å²) in [5.74, 6) is 0.206. The van der Waals surface area contributed by atoms with Gasteiger partial charge in [0.25, 0.3) is 5.91 Å². The Balaban J connectivity index is 1.54. The molecule has 0 unspecified atom stereocenters. The number of rotatable bonds is 6. The molecular weight excluding hydrogens is 430 g/mol. The molecule has 0 saturated carbocycles. The molecule has 1 N–H and O–H groups in total. The van der Waals surface area contributed by atoms with E-state index in [1.165, 1.54) is 11.8 Å². The van der Waals surface area contributed by atoms with Crippen LogP contribution in [0.2, 0.25) is 0 Å². The molecule has 0 aliphatic carbocycles. The van der Waals surface area contributed by atoms with Crippen molar-refractivity contribution in [2.24, 2.45) is 5.92 Å². The molecule has 1 fully saturated rings. The second-order valence-corrected chi connectivity index (χ2v) is 11.5. The largest absolute Gasteiger partial charge is 0.339 e. The highest BCUT2D eigenvalue weighted by atomic mass is 32.2. The van der Waals surface area contributed by atoms with Crippen LogP contribution in [0.1, 0.15) is 49.5 Å². The zero-order valence-electron chi connectivity index (χ0n) is 18.6. The lowest BCUT2D eigenvalue weighted by Crippen LogP contribution is -2.41. The third-order valence-electron chi connectivity index (χ3n) is 5.69. The number of hydrogen-bond acceptors (Lipinski definition) is 5. The number of thioether (sulfide) groups is 1. The van der Waals surface area contributed by atoms with Crippen LogP contribution in [0.25, 0.3) is 0 Å². The number of benzene rings is 1. The number of carbonyl (C=O) groups excluding carboxylic acids is 1. The fourth-order valence-corrected chi connectivity index (χ4v) is 5.33. The molecule has 0 spiro atoms. The number of amides is 1. The molecule has 8 heteroatoms. The van der Waals surface area contributed by atoms with Crippen LogP contribution in [-0.2, 0) is 15.4 Å². The van der Waals surface area contributed by atoms with Crippen molar-refractivity contribution in [3.8, 4) is 0 Å². The van der Waals surface area contributed by atoms with Gasteiger partial charge in [-0.05, 0) is 60.3 Å². The number of piperidine rings is 1. The van der Waals surface area contributed by atoms with E-state index in [1.54, 1.807) is 24.4 Å². The van der Waals surface area contributed by atoms with E-state index in [-0.39, 0.29) is 22.1 Å². The molecule has 1 aliphatic heterocycles. The van der Waals surface area contributed by atoms with E-state index >= 15 is 0 Å². The zero-order valence-corrected chi connectivity index (χ0v) is 20.2. The first-order valence-electron chi connectivity index (χ1n) is 10.5. The second-order valence-electron chi connectivity index (χ2n) is 8.92. The van der Waals surface area contributed by atoms with E-state index in [4.69, 9.17) is 0 Å². The van der Waals surface area contributed by atoms with Crippen molar-refractivity contribution in [2.75, 3.05) is 25.9 Å². The Bertz CT molecular complexity index is 1010. The summed E-state index contributed by atoms with van der Waals surface area (Å²) in [6, 6.07) is 10.7. The molecule has 6 nitrogen and oxygen atoms in total. The van der Waals surface area contributed by atoms with Gasteiger partial charge in [0.2, 0.25) is 10.0 Å². The highest BCUT2D eigenvalue weighted by Gasteiger charge is 2.26. The van der Waals surface area contributed by atoms with Gasteiger partial charge in [-0.15, -0.1) is 11.8 Å². The van der Waals surface area contributed by atoms with Gasteiger partial charge in [-0.25, -0.2) is 18.1 Å². The highest BCUT2D eigenvalue weighted by molar-refractivity contribution is 7.98. The van der Waals surface area contributed by atoms with Gasteiger partial charge in [-0.1, -0.05) is 32.9 Å². The monoisotopic (exact) mass is 461 g/mol. The Kier molecular flexibility index (Phi) is 7.44. The Morgan fingerprint density at radius 2 is 1.81 bits per heavy atom. The van der Waals surface area contributed by atoms with Crippen molar-refractivity contribution in [1.82, 2.24) is 14.6 Å². The molecule has 2 aromatic rings. The van der Waals surface area contributed by atoms with Gasteiger partial charge in [0, 0.05) is 25.8 Å². The average Bonchev–Trinajstić information content (AvgIpc) is 2.77. The van der Waals surface area contributed by atoms with Crippen LogP contribution in [0, 0.1) is 5.92 Å². The smallest absolute Gasteiger partial charge is 0.256 e. The minimum absolute atomic E-state index is 0.00424. The summed E-state index contributed by atoms with van der Waals surface area (Å²) in [7, 11) is -3.55. The number of aromatic nitrogens is 1. The SMILES string of the molecule is CSc1ncccc1C(=O)N1CCC(CNS(=O)(=O)c2ccc(C(C)(C)C)cc2)CC1. The lowest BCUT2D eigenvalue weighted by Gasteiger charge is -2.32. The molecule has 1 aromatic carbocycles. The fourth-order valence-electron chi connectivity index (χ4n) is 3.67. The minimum atomic E-state index is -3.55. The van der Waals surface area contributed by atoms with Gasteiger partial charge in [0.05, 0.1) is 10.5 Å². The Hall–Kier alpha value is -1.90. The predicted octanol–water partition coefficient (Wildman–Crippen LogP) is 3.93. The molecular formula is C23H31N3O3S2. The van der Waals surface area contributed by atoms with Crippen LogP contribution in [0.15, 0.2) is 52.5 Å². The number of nitrogens with zero attached hydrogens (tertiary/aromatic N) is 2. The van der Waals surface area contributed by atoms with E-state index in [9.17, 15) is 13.2 Å². The predicted molar refractivity (Wildman–Crippen MR) is 125 cm³/mol. The van der Waals surface area contributed by atoms with Crippen molar-refractivity contribution < 1.29 is 13.2 Å². The van der Waals surface area contributed by atoms with Gasteiger partial charge in [0.1, 0.15) is 5.03 Å². The van der Waals surface area contributed by atoms with Crippen molar-refractivity contribution >= 4 is 27.7 Å². The number of likely N-dealkylation sites (tertiary alicyclic amines) is 1. The molecule has 1 aromatic heterocycles. The Labute approximate surface area is 189 Å². The Morgan fingerprint density at radius 3 is 2.39 bits per heavy atom. The van der Waals surface area contributed by atoms with E-state index in [2.05, 4.69) is 30.5 Å². The van der Waals surface area contributed by atoms with Crippen LogP contribution >= 0.6 is 11.8 Å². The maximum Gasteiger partial charge on any atom is 0.256 e. The standard InChI is InChI=1S/C23H31N3O3S2/c1-23(2,3)18-7-9-19(10-8-18)31(28,29)25-16-17-11-14-26(15-12-17)22(27)20-6-5-13-24-21(20)30-4/h5-10,13,17,25H,11-12,14-16H2,1-4H3. The van der Waals surface area contributed by atoms with Crippen molar-refractivity contribution in [3.63, 3.8) is 0 Å². The maximum atomic E-state index is 12.8. The summed E-state index contributed by atoms with van der Waals surface area (Å²) in [5.41, 5.74) is 1.71. The molecule has 0 bridgehead atoms. The first-order chi connectivity index (χ1) is 14.6. The summed E-state index contributed by atoms with van der Waals surface area (Å²) < 4.78 is 28.1. The zero-order chi connectivity index (χ0) is 22.6. The van der Waals surface area contributed by atoms with E-state index in [1.807, 2.05) is 29.4 Å². The number of hydrogen-bond donors (Lipinski definition) is 1. The van der Waals surface area contributed by atoms with E-state index < -0.39 is 10.0 Å². The summed E-state index contributed by atoms with van der Waals surface area (Å²) >= 11 is 1.46. The van der Waals surface area contributed by atoms with Gasteiger partial charge < -0.3 is 4.90 Å². The number of pyridine rings is 1. The molecule has 31 heavy (non-hydrogen) atoms.